The van der Waals surface area contributed by atoms with E-state index in [1.165, 1.54) is 6.42 Å². The van der Waals surface area contributed by atoms with Crippen molar-refractivity contribution in [3.05, 3.63) is 12.2 Å². The minimum atomic E-state index is -1.01. The third-order valence-corrected chi connectivity index (χ3v) is 6.78. The Labute approximate surface area is 179 Å². The number of amides is 1. The van der Waals surface area contributed by atoms with Gasteiger partial charge in [-0.2, -0.15) is 0 Å². The highest BCUT2D eigenvalue weighted by Gasteiger charge is 2.40. The van der Waals surface area contributed by atoms with Crippen LogP contribution in [-0.2, 0) is 22.2 Å². The first kappa shape index (κ1) is 21.5. The molecule has 1 heterocycles. The molecule has 1 saturated carbocycles. The van der Waals surface area contributed by atoms with Crippen molar-refractivity contribution < 1.29 is 27.3 Å². The molecule has 3 aliphatic rings. The lowest BCUT2D eigenvalue weighted by atomic mass is 9.79. The molecule has 0 aromatic heterocycles. The van der Waals surface area contributed by atoms with Crippen LogP contribution in [0.15, 0.2) is 12.2 Å². The minimum Gasteiger partial charge on any atom is -0.481 e. The number of carboxylic acids is 1. The second-order valence-corrected chi connectivity index (χ2v) is 9.06. The number of allylic oxidation sites excluding steroid dienone is 2. The highest BCUT2D eigenvalue weighted by molar-refractivity contribution is 14.1. The van der Waals surface area contributed by atoms with Gasteiger partial charge in [-0.05, 0) is 43.4 Å². The summed E-state index contributed by atoms with van der Waals surface area (Å²) in [6.45, 7) is 1.93. The number of fused-ring (bicyclic) bond motifs is 2. The van der Waals surface area contributed by atoms with E-state index in [0.717, 1.165) is 6.42 Å². The van der Waals surface area contributed by atoms with Crippen LogP contribution in [0.3, 0.4) is 0 Å². The van der Waals surface area contributed by atoms with Crippen LogP contribution >= 0.6 is 23.0 Å². The number of esters is 1. The molecule has 0 aromatic carbocycles. The number of aliphatic carboxylic acids is 1. The van der Waals surface area contributed by atoms with Crippen molar-refractivity contribution in [3.8, 4) is 0 Å². The second-order valence-electron chi connectivity index (χ2n) is 8.43. The maximum atomic E-state index is 12.7. The standard InChI is InChI=1S/C20H28INO6/c21-28-13-20(12-27-19(26)4-3-18(24)25)5-7-22(8-6-20)17(23)11-16-10-14-1-2-15(16)9-14/h1-2,14-16H,3-13H2,(H,24,25). The number of ether oxygens (including phenoxy) is 1. The number of hydrogen-bond acceptors (Lipinski definition) is 5. The van der Waals surface area contributed by atoms with E-state index >= 15 is 0 Å². The fraction of sp³-hybridized carbons (Fsp3) is 0.750. The number of rotatable bonds is 9. The summed E-state index contributed by atoms with van der Waals surface area (Å²) in [6, 6.07) is 0. The molecular weight excluding hydrogens is 477 g/mol. The number of carboxylic acid groups (broad SMARTS) is 1. The number of halogens is 1. The largest absolute Gasteiger partial charge is 0.481 e. The van der Waals surface area contributed by atoms with E-state index in [4.69, 9.17) is 12.9 Å². The van der Waals surface area contributed by atoms with Crippen LogP contribution in [0.4, 0.5) is 0 Å². The summed E-state index contributed by atoms with van der Waals surface area (Å²) in [7, 11) is 0. The van der Waals surface area contributed by atoms with Crippen molar-refractivity contribution in [2.45, 2.75) is 44.9 Å². The Balaban J connectivity index is 1.46. The van der Waals surface area contributed by atoms with Crippen molar-refractivity contribution >= 4 is 40.9 Å². The molecule has 2 bridgehead atoms. The van der Waals surface area contributed by atoms with Crippen LogP contribution in [0, 0.1) is 23.2 Å². The van der Waals surface area contributed by atoms with E-state index in [2.05, 4.69) is 12.2 Å². The molecule has 7 nitrogen and oxygen atoms in total. The van der Waals surface area contributed by atoms with Gasteiger partial charge in [0.1, 0.15) is 23.0 Å². The Morgan fingerprint density at radius 2 is 1.86 bits per heavy atom. The van der Waals surface area contributed by atoms with Crippen molar-refractivity contribution in [2.24, 2.45) is 23.2 Å². The average Bonchev–Trinajstić information content (AvgIpc) is 3.28. The summed E-state index contributed by atoms with van der Waals surface area (Å²) in [4.78, 5) is 37.0. The molecule has 3 unspecified atom stereocenters. The van der Waals surface area contributed by atoms with Gasteiger partial charge >= 0.3 is 11.9 Å². The molecule has 2 aliphatic carbocycles. The molecule has 0 radical (unpaired) electrons. The number of piperidine rings is 1. The minimum absolute atomic E-state index is 0.126. The number of carbonyl (C=O) groups excluding carboxylic acids is 2. The molecular formula is C20H28INO6. The van der Waals surface area contributed by atoms with Gasteiger partial charge in [0.25, 0.3) is 0 Å². The fourth-order valence-electron chi connectivity index (χ4n) is 4.67. The van der Waals surface area contributed by atoms with E-state index in [-0.39, 0.29) is 30.8 Å². The zero-order chi connectivity index (χ0) is 20.1. The van der Waals surface area contributed by atoms with E-state index < -0.39 is 11.9 Å². The fourth-order valence-corrected chi connectivity index (χ4v) is 5.33. The Morgan fingerprint density at radius 3 is 2.43 bits per heavy atom. The van der Waals surface area contributed by atoms with Crippen LogP contribution in [-0.4, -0.2) is 54.2 Å². The Hall–Kier alpha value is -1.16. The molecule has 156 valence electrons. The van der Waals surface area contributed by atoms with Gasteiger partial charge in [-0.3, -0.25) is 14.4 Å². The Kier molecular flexibility index (Phi) is 7.36. The lowest BCUT2D eigenvalue weighted by Gasteiger charge is -2.41. The number of likely N-dealkylation sites (tertiary alicyclic amines) is 1. The second kappa shape index (κ2) is 9.56. The van der Waals surface area contributed by atoms with Crippen molar-refractivity contribution in [1.29, 1.82) is 0 Å². The van der Waals surface area contributed by atoms with E-state index in [9.17, 15) is 14.4 Å². The highest BCUT2D eigenvalue weighted by Crippen LogP contribution is 2.45. The van der Waals surface area contributed by atoms with Gasteiger partial charge in [0.05, 0.1) is 26.1 Å². The molecule has 0 aromatic rings. The lowest BCUT2D eigenvalue weighted by molar-refractivity contribution is -0.153. The molecule has 8 heteroatoms. The predicted molar refractivity (Wildman–Crippen MR) is 110 cm³/mol. The molecule has 1 saturated heterocycles. The van der Waals surface area contributed by atoms with Crippen molar-refractivity contribution in [3.63, 3.8) is 0 Å². The number of carbonyl (C=O) groups is 3. The van der Waals surface area contributed by atoms with Gasteiger partial charge in [-0.25, -0.2) is 0 Å². The summed E-state index contributed by atoms with van der Waals surface area (Å²) in [5.74, 6) is 0.456. The van der Waals surface area contributed by atoms with Gasteiger partial charge in [-0.15, -0.1) is 0 Å². The first-order valence-corrected chi connectivity index (χ1v) is 10.9. The van der Waals surface area contributed by atoms with Crippen molar-refractivity contribution in [2.75, 3.05) is 26.3 Å². The monoisotopic (exact) mass is 505 g/mol. The highest BCUT2D eigenvalue weighted by atomic mass is 127. The SMILES string of the molecule is O=C(O)CCC(=O)OCC1(COI)CCN(C(=O)CC2CC3C=CC2C3)CC1. The zero-order valence-corrected chi connectivity index (χ0v) is 18.1. The first-order chi connectivity index (χ1) is 13.4. The normalized spacial score (nSPS) is 27.8. The van der Waals surface area contributed by atoms with Crippen LogP contribution in [0.5, 0.6) is 0 Å². The Bertz CT molecular complexity index is 628. The molecule has 3 atom stereocenters. The molecule has 1 aliphatic heterocycles. The van der Waals surface area contributed by atoms with Gasteiger partial charge in [-0.1, -0.05) is 12.2 Å². The summed E-state index contributed by atoms with van der Waals surface area (Å²) >= 11 is 1.84. The topological polar surface area (TPSA) is 93.1 Å². The average molecular weight is 505 g/mol. The maximum absolute atomic E-state index is 12.7. The zero-order valence-electron chi connectivity index (χ0n) is 16.0. The Morgan fingerprint density at radius 1 is 1.11 bits per heavy atom. The van der Waals surface area contributed by atoms with E-state index in [0.29, 0.717) is 56.7 Å². The molecule has 28 heavy (non-hydrogen) atoms. The third-order valence-electron chi connectivity index (χ3n) is 6.47. The summed E-state index contributed by atoms with van der Waals surface area (Å²) in [6.07, 6.45) is 8.63. The van der Waals surface area contributed by atoms with E-state index in [1.54, 1.807) is 0 Å². The van der Waals surface area contributed by atoms with Gasteiger partial charge < -0.3 is 17.8 Å². The molecule has 0 spiro atoms. The van der Waals surface area contributed by atoms with E-state index in [1.807, 2.05) is 27.9 Å². The van der Waals surface area contributed by atoms with Gasteiger partial charge in [0.2, 0.25) is 5.91 Å². The lowest BCUT2D eigenvalue weighted by Crippen LogP contribution is -2.47. The smallest absolute Gasteiger partial charge is 0.306 e. The third kappa shape index (κ3) is 5.46. The van der Waals surface area contributed by atoms with Crippen LogP contribution < -0.4 is 0 Å². The predicted octanol–water partition coefficient (Wildman–Crippen LogP) is 2.97. The molecule has 1 amide bonds. The molecule has 1 N–H and O–H groups in total. The summed E-state index contributed by atoms with van der Waals surface area (Å²) in [5.41, 5.74) is -0.313. The van der Waals surface area contributed by atoms with Crippen LogP contribution in [0.25, 0.3) is 0 Å². The van der Waals surface area contributed by atoms with Crippen LogP contribution in [0.2, 0.25) is 0 Å². The molecule has 2 fully saturated rings. The summed E-state index contributed by atoms with van der Waals surface area (Å²) in [5, 5.41) is 8.66. The van der Waals surface area contributed by atoms with Gasteiger partial charge in [0, 0.05) is 24.9 Å². The quantitative estimate of drug-likeness (QED) is 0.294. The first-order valence-electron chi connectivity index (χ1n) is 9.98. The molecule has 3 rings (SSSR count). The van der Waals surface area contributed by atoms with Crippen LogP contribution in [0.1, 0.15) is 44.9 Å². The number of nitrogens with zero attached hydrogens (tertiary/aromatic N) is 1. The summed E-state index contributed by atoms with van der Waals surface area (Å²) < 4.78 is 10.7. The maximum Gasteiger partial charge on any atom is 0.306 e. The van der Waals surface area contributed by atoms with Gasteiger partial charge in [0.15, 0.2) is 0 Å². The number of hydrogen-bond donors (Lipinski definition) is 1. The van der Waals surface area contributed by atoms with Crippen molar-refractivity contribution in [1.82, 2.24) is 4.90 Å².